The van der Waals surface area contributed by atoms with Crippen LogP contribution in [-0.2, 0) is 39.3 Å². The number of imidazole rings is 3. The van der Waals surface area contributed by atoms with Crippen LogP contribution in [-0.4, -0.2) is 105 Å². The number of ether oxygens (including phenoxy) is 1. The molecule has 1 aliphatic rings. The highest BCUT2D eigenvalue weighted by Gasteiger charge is 2.28. The summed E-state index contributed by atoms with van der Waals surface area (Å²) in [6.45, 7) is 14.0. The number of hydrogen-bond acceptors (Lipinski definition) is 16. The fourth-order valence-electron chi connectivity index (χ4n) is 15.2. The summed E-state index contributed by atoms with van der Waals surface area (Å²) >= 11 is 7.29. The maximum Gasteiger partial charge on any atom is 0.163 e. The molecule has 16 aromatic rings. The number of benzene rings is 4. The third kappa shape index (κ3) is 14.6. The van der Waals surface area contributed by atoms with Crippen molar-refractivity contribution in [3.05, 3.63) is 263 Å². The van der Waals surface area contributed by atoms with E-state index < -0.39 is 0 Å². The molecule has 0 atom stereocenters. The Balaban J connectivity index is 0.757. The van der Waals surface area contributed by atoms with Gasteiger partial charge in [-0.1, -0.05) is 104 Å². The van der Waals surface area contributed by atoms with E-state index in [1.165, 1.54) is 59.1 Å². The number of nitrogens with zero attached hydrogens (tertiary/aromatic N) is 18. The fourth-order valence-corrected chi connectivity index (χ4v) is 17.3. The molecule has 0 amide bonds. The van der Waals surface area contributed by atoms with Gasteiger partial charge in [-0.2, -0.15) is 15.3 Å². The van der Waals surface area contributed by atoms with Gasteiger partial charge < -0.3 is 19.7 Å². The van der Waals surface area contributed by atoms with Gasteiger partial charge in [0.2, 0.25) is 0 Å². The first kappa shape index (κ1) is 70.7. The van der Waals surface area contributed by atoms with Gasteiger partial charge in [-0.3, -0.25) is 15.0 Å². The number of halogens is 3. The second kappa shape index (κ2) is 30.4. The van der Waals surface area contributed by atoms with Crippen molar-refractivity contribution in [2.45, 2.75) is 105 Å². The molecule has 0 bridgehead atoms. The first-order valence-corrected chi connectivity index (χ1v) is 38.8. The highest BCUT2D eigenvalue weighted by Crippen LogP contribution is 2.42. The van der Waals surface area contributed by atoms with E-state index in [4.69, 9.17) is 54.8 Å². The van der Waals surface area contributed by atoms with Gasteiger partial charge in [-0.15, -0.1) is 0 Å². The van der Waals surface area contributed by atoms with Crippen LogP contribution in [0.2, 0.25) is 0 Å². The van der Waals surface area contributed by atoms with Crippen LogP contribution >= 0.6 is 68.6 Å². The molecule has 22 nitrogen and oxygen atoms in total. The zero-order chi connectivity index (χ0) is 73.7. The maximum absolute atomic E-state index is 5.77. The average molecular weight is 1760 g/mol. The molecule has 0 spiro atoms. The van der Waals surface area contributed by atoms with Crippen LogP contribution in [0.4, 0.5) is 0 Å². The Hall–Kier alpha value is -10.3. The Bertz CT molecular complexity index is 6030. The molecule has 0 radical (unpaired) electrons. The molecule has 0 saturated heterocycles. The minimum absolute atomic E-state index is 0.456. The molecule has 3 N–H and O–H groups in total. The molecule has 1 aliphatic carbocycles. The van der Waals surface area contributed by atoms with Crippen molar-refractivity contribution in [3.8, 4) is 107 Å². The summed E-state index contributed by atoms with van der Waals surface area (Å²) in [6, 6.07) is 55.1. The van der Waals surface area contributed by atoms with Crippen LogP contribution < -0.4 is 4.74 Å². The Kier molecular flexibility index (Phi) is 19.9. The molecule has 1 saturated carbocycles. The quantitative estimate of drug-likeness (QED) is 0.0399. The lowest BCUT2D eigenvalue weighted by molar-refractivity contribution is 0.409. The first-order valence-electron chi connectivity index (χ1n) is 35.9. The zero-order valence-electron chi connectivity index (χ0n) is 60.2. The lowest BCUT2D eigenvalue weighted by Gasteiger charge is -2.19. The molecule has 4 aromatic carbocycles. The van der Waals surface area contributed by atoms with Gasteiger partial charge in [-0.05, 0) is 176 Å². The molecule has 1 fully saturated rings. The molecule has 538 valence electrons. The van der Waals surface area contributed by atoms with Gasteiger partial charge in [0.1, 0.15) is 59.3 Å². The van der Waals surface area contributed by atoms with E-state index in [1.54, 1.807) is 30.6 Å². The first-order chi connectivity index (χ1) is 52.7. The van der Waals surface area contributed by atoms with E-state index >= 15 is 0 Å². The summed E-state index contributed by atoms with van der Waals surface area (Å²) in [5.74, 6) is 3.77. The number of rotatable bonds is 23. The molecule has 0 unspecified atom stereocenters. The normalized spacial score (nSPS) is 12.8. The van der Waals surface area contributed by atoms with Gasteiger partial charge >= 0.3 is 0 Å². The van der Waals surface area contributed by atoms with Gasteiger partial charge in [0.15, 0.2) is 16.9 Å². The van der Waals surface area contributed by atoms with Gasteiger partial charge in [0.05, 0.1) is 60.9 Å². The molecule has 108 heavy (non-hydrogen) atoms. The van der Waals surface area contributed by atoms with Gasteiger partial charge in [-0.25, -0.2) is 52.8 Å². The number of methoxy groups -OCH3 is 1. The van der Waals surface area contributed by atoms with Crippen LogP contribution in [0, 0.1) is 34.6 Å². The third-order valence-corrected chi connectivity index (χ3v) is 22.2. The number of aromatic amines is 3. The van der Waals surface area contributed by atoms with Gasteiger partial charge in [0.25, 0.3) is 0 Å². The second-order valence-corrected chi connectivity index (χ2v) is 31.8. The van der Waals surface area contributed by atoms with Crippen LogP contribution in [0.5, 0.6) is 5.75 Å². The SMILES string of the molecule is COc1cccc(CN(I)Cc2nc(-c3cc(-c4cc(-c5[nH]c(CN(I)Cc6ccccc6C6CCCC6)nc5-c5cccc(C)n5)cn5ncnc45)cc(C)n3)c(-c3cc(-c4cc(C)nc(-c5nc(CN(I)Cc6cccc(C)c6-c6ccccc6)[nH]c5-c5ccc6ncnn6c5)c4)c4ncnn4c3)[nH]2)c1C. The van der Waals surface area contributed by atoms with E-state index in [0.717, 1.165) is 131 Å². The number of hydrogen-bond donors (Lipinski definition) is 3. The predicted molar refractivity (Wildman–Crippen MR) is 445 cm³/mol. The summed E-state index contributed by atoms with van der Waals surface area (Å²) < 4.78 is 18.0. The van der Waals surface area contributed by atoms with Crippen molar-refractivity contribution in [2.24, 2.45) is 0 Å². The highest BCUT2D eigenvalue weighted by atomic mass is 127. The van der Waals surface area contributed by atoms with Crippen molar-refractivity contribution in [3.63, 3.8) is 0 Å². The van der Waals surface area contributed by atoms with Crippen molar-refractivity contribution >= 4 is 85.5 Å². The topological polar surface area (TPSA) is 234 Å². The zero-order valence-corrected chi connectivity index (χ0v) is 66.7. The van der Waals surface area contributed by atoms with E-state index in [1.807, 2.05) is 90.9 Å². The molecule has 0 aliphatic heterocycles. The average Bonchev–Trinajstić information content (AvgIpc) is 1.69. The van der Waals surface area contributed by atoms with Crippen LogP contribution in [0.25, 0.3) is 118 Å². The lowest BCUT2D eigenvalue weighted by atomic mass is 9.93. The second-order valence-electron chi connectivity index (χ2n) is 27.7. The smallest absolute Gasteiger partial charge is 0.163 e. The van der Waals surface area contributed by atoms with Gasteiger partial charge in [0, 0.05) is 152 Å². The molecule has 25 heteroatoms. The number of pyridine rings is 6. The summed E-state index contributed by atoms with van der Waals surface area (Å²) in [5, 5.41) is 14.2. The van der Waals surface area contributed by atoms with Crippen molar-refractivity contribution < 1.29 is 4.74 Å². The summed E-state index contributed by atoms with van der Waals surface area (Å²) in [4.78, 5) is 57.7. The van der Waals surface area contributed by atoms with E-state index in [0.29, 0.717) is 72.7 Å². The predicted octanol–water partition coefficient (Wildman–Crippen LogP) is 18.4. The molecule has 17 rings (SSSR count). The molecule has 12 heterocycles. The number of H-pyrrole nitrogens is 3. The molecule has 12 aromatic heterocycles. The van der Waals surface area contributed by atoms with Crippen LogP contribution in [0.3, 0.4) is 0 Å². The monoisotopic (exact) mass is 1760 g/mol. The Morgan fingerprint density at radius 1 is 0.426 bits per heavy atom. The number of nitrogens with one attached hydrogen (secondary N) is 3. The molecular weight excluding hydrogens is 1690 g/mol. The maximum atomic E-state index is 5.77. The third-order valence-electron chi connectivity index (χ3n) is 20.2. The van der Waals surface area contributed by atoms with E-state index in [9.17, 15) is 0 Å². The number of aryl methyl sites for hydroxylation is 4. The Labute approximate surface area is 665 Å². The fraction of sp³-hybridized carbons (Fsp3) is 0.205. The molecular formula is C83H74I3N21O. The minimum Gasteiger partial charge on any atom is -0.496 e. The lowest BCUT2D eigenvalue weighted by Crippen LogP contribution is -2.13. The standard InChI is InChI=1S/C83H74I3N21O/c1-49-17-14-25-58(75(49)55-21-8-7-9-22-55)39-104(86)45-71-96-76(59-29-30-74-87-46-90-105(74)40-59)80(100-71)68-35-60(31-51(3)94-68)66-34-63(42-107-83(66)89-48-92-107)78-81(101-73(98-78)43-102(84)37-56-24-16-28-70(108-6)53(56)5)69-36-61(32-52(4)95-69)65-33-62(41-106-82(65)88-47-91-106)77-79(67-27-15-18-50(2)93-67)99-72(97-77)44-103(85)38-57-23-12-13-26-64(57)54-19-10-11-20-54/h7-9,12-18,21-36,40-42,46-48,54H,10-11,19-20,37-39,43-45H2,1-6H3,(H,96,100)(H,97,99)(H,98,101). The number of aromatic nitrogens is 18. The van der Waals surface area contributed by atoms with E-state index in [-0.39, 0.29) is 0 Å². The summed E-state index contributed by atoms with van der Waals surface area (Å²) in [6.07, 6.45) is 15.8. The summed E-state index contributed by atoms with van der Waals surface area (Å²) in [5.41, 5.74) is 26.9. The van der Waals surface area contributed by atoms with Crippen LogP contribution in [0.1, 0.15) is 99.5 Å². The van der Waals surface area contributed by atoms with Crippen molar-refractivity contribution in [2.75, 3.05) is 7.11 Å². The van der Waals surface area contributed by atoms with Crippen molar-refractivity contribution in [1.82, 2.24) is 98.0 Å². The number of fused-ring (bicyclic) bond motifs is 3. The Morgan fingerprint density at radius 3 is 1.54 bits per heavy atom. The Morgan fingerprint density at radius 2 is 0.926 bits per heavy atom. The van der Waals surface area contributed by atoms with Crippen LogP contribution in [0.15, 0.2) is 195 Å². The largest absolute Gasteiger partial charge is 0.496 e. The minimum atomic E-state index is 0.456. The van der Waals surface area contributed by atoms with E-state index in [2.05, 4.69) is 232 Å². The summed E-state index contributed by atoms with van der Waals surface area (Å²) in [7, 11) is 1.71. The van der Waals surface area contributed by atoms with Crippen molar-refractivity contribution in [1.29, 1.82) is 0 Å². The highest BCUT2D eigenvalue weighted by molar-refractivity contribution is 14.1.